The number of rotatable bonds is 7. The molecule has 2 aliphatic rings. The summed E-state index contributed by atoms with van der Waals surface area (Å²) in [6.07, 6.45) is 1.61. The number of nitrogens with zero attached hydrogens (tertiary/aromatic N) is 3. The van der Waals surface area contributed by atoms with Crippen molar-refractivity contribution in [1.82, 2.24) is 4.57 Å². The van der Waals surface area contributed by atoms with Crippen LogP contribution >= 0.6 is 27.3 Å². The van der Waals surface area contributed by atoms with Crippen LogP contribution in [0, 0.1) is 10.1 Å². The molecular weight excluding hydrogens is 678 g/mol. The van der Waals surface area contributed by atoms with E-state index in [0.29, 0.717) is 59.2 Å². The lowest BCUT2D eigenvalue weighted by Crippen LogP contribution is -2.40. The highest BCUT2D eigenvalue weighted by atomic mass is 79.9. The zero-order valence-corrected chi connectivity index (χ0v) is 26.4. The Balaban J connectivity index is 1.40. The van der Waals surface area contributed by atoms with E-state index in [4.69, 9.17) is 23.6 Å². The molecule has 0 spiro atoms. The average molecular weight is 701 g/mol. The van der Waals surface area contributed by atoms with Gasteiger partial charge in [0.05, 0.1) is 33.4 Å². The van der Waals surface area contributed by atoms with Crippen LogP contribution in [0.25, 0.3) is 23.1 Å². The summed E-state index contributed by atoms with van der Waals surface area (Å²) in [5, 5.41) is 11.2. The van der Waals surface area contributed by atoms with Crippen molar-refractivity contribution < 1.29 is 28.3 Å². The first kappa shape index (κ1) is 29.4. The minimum atomic E-state index is -0.884. The van der Waals surface area contributed by atoms with Crippen molar-refractivity contribution in [2.24, 2.45) is 4.99 Å². The van der Waals surface area contributed by atoms with Gasteiger partial charge >= 0.3 is 5.97 Å². The molecule has 5 aromatic rings. The predicted octanol–water partition coefficient (Wildman–Crippen LogP) is 5.60. The standard InChI is InChI=1S/C33H22BrN3O8S/c1-2-42-32(39)28-29(18-6-4-3-5-7-18)35-33-36(30(28)19-8-12-25-26(14-19)44-17-43-25)31(38)27(46-33)16-21-10-13-24(45-21)22-11-9-20(37(40)41)15-23(22)34/h3-16,30H,2,17H2,1H3/b27-16+/t30-/m0/s1. The number of hydrogen-bond acceptors (Lipinski definition) is 10. The van der Waals surface area contributed by atoms with Gasteiger partial charge in [-0.2, -0.15) is 0 Å². The fourth-order valence-electron chi connectivity index (χ4n) is 5.36. The summed E-state index contributed by atoms with van der Waals surface area (Å²) in [5.41, 5.74) is 2.10. The van der Waals surface area contributed by atoms with Crippen molar-refractivity contribution in [3.63, 3.8) is 0 Å². The third-order valence-electron chi connectivity index (χ3n) is 7.42. The number of halogens is 1. The Hall–Kier alpha value is -5.27. The zero-order valence-electron chi connectivity index (χ0n) is 24.0. The molecule has 0 saturated heterocycles. The molecule has 0 unspecified atom stereocenters. The molecule has 0 amide bonds. The maximum atomic E-state index is 14.2. The van der Waals surface area contributed by atoms with Gasteiger partial charge in [0.25, 0.3) is 11.2 Å². The molecule has 13 heteroatoms. The predicted molar refractivity (Wildman–Crippen MR) is 172 cm³/mol. The lowest BCUT2D eigenvalue weighted by molar-refractivity contribution is -0.384. The van der Waals surface area contributed by atoms with E-state index in [1.165, 1.54) is 16.7 Å². The number of carbonyl (C=O) groups excluding carboxylic acids is 1. The molecule has 0 radical (unpaired) electrons. The van der Waals surface area contributed by atoms with Crippen LogP contribution in [0.4, 0.5) is 5.69 Å². The first-order chi connectivity index (χ1) is 22.3. The van der Waals surface area contributed by atoms with Crippen LogP contribution in [-0.2, 0) is 9.53 Å². The van der Waals surface area contributed by atoms with Crippen LogP contribution in [-0.4, -0.2) is 28.9 Å². The van der Waals surface area contributed by atoms with E-state index in [2.05, 4.69) is 15.9 Å². The number of non-ortho nitro benzene ring substituents is 1. The fraction of sp³-hybridized carbons (Fsp3) is 0.121. The van der Waals surface area contributed by atoms with Crippen LogP contribution in [0.1, 0.15) is 29.9 Å². The molecule has 0 aliphatic carbocycles. The molecular formula is C33H22BrN3O8S. The van der Waals surface area contributed by atoms with Crippen LogP contribution in [0.15, 0.2) is 103 Å². The molecule has 3 aromatic carbocycles. The van der Waals surface area contributed by atoms with Crippen LogP contribution < -0.4 is 24.4 Å². The van der Waals surface area contributed by atoms with E-state index < -0.39 is 16.9 Å². The first-order valence-corrected chi connectivity index (χ1v) is 15.7. The van der Waals surface area contributed by atoms with E-state index in [0.717, 1.165) is 11.3 Å². The molecule has 0 fully saturated rings. The van der Waals surface area contributed by atoms with E-state index in [1.807, 2.05) is 30.3 Å². The van der Waals surface area contributed by atoms with Crippen molar-refractivity contribution in [2.75, 3.05) is 13.4 Å². The molecule has 46 heavy (non-hydrogen) atoms. The molecule has 0 N–H and O–H groups in total. The summed E-state index contributed by atoms with van der Waals surface area (Å²) in [7, 11) is 0. The molecule has 0 saturated carbocycles. The molecule has 4 heterocycles. The third kappa shape index (κ3) is 5.22. The summed E-state index contributed by atoms with van der Waals surface area (Å²) in [5.74, 6) is 1.32. The summed E-state index contributed by atoms with van der Waals surface area (Å²) in [6, 6.07) is 21.5. The minimum absolute atomic E-state index is 0.0578. The molecule has 1 atom stereocenters. The topological polar surface area (TPSA) is 135 Å². The van der Waals surface area contributed by atoms with Gasteiger partial charge < -0.3 is 18.6 Å². The van der Waals surface area contributed by atoms with Gasteiger partial charge in [-0.15, -0.1) is 0 Å². The van der Waals surface area contributed by atoms with Crippen LogP contribution in [0.5, 0.6) is 11.5 Å². The van der Waals surface area contributed by atoms with E-state index >= 15 is 0 Å². The number of nitro groups is 1. The van der Waals surface area contributed by atoms with E-state index in [9.17, 15) is 19.7 Å². The lowest BCUT2D eigenvalue weighted by atomic mass is 9.93. The molecule has 2 aliphatic heterocycles. The molecule has 230 valence electrons. The van der Waals surface area contributed by atoms with E-state index in [-0.39, 0.29) is 30.2 Å². The summed E-state index contributed by atoms with van der Waals surface area (Å²) in [4.78, 5) is 43.8. The highest BCUT2D eigenvalue weighted by Gasteiger charge is 2.36. The Bertz CT molecular complexity index is 2250. The molecule has 11 nitrogen and oxygen atoms in total. The van der Waals surface area contributed by atoms with Gasteiger partial charge in [0, 0.05) is 33.8 Å². The van der Waals surface area contributed by atoms with Gasteiger partial charge in [0.2, 0.25) is 6.79 Å². The Morgan fingerprint density at radius 3 is 2.67 bits per heavy atom. The van der Waals surface area contributed by atoms with Gasteiger partial charge in [-0.05, 0) is 58.7 Å². The van der Waals surface area contributed by atoms with Gasteiger partial charge in [-0.25, -0.2) is 9.79 Å². The Kier molecular flexibility index (Phi) is 7.62. The number of fused-ring (bicyclic) bond motifs is 2. The Morgan fingerprint density at radius 1 is 1.11 bits per heavy atom. The van der Waals surface area contributed by atoms with Gasteiger partial charge in [0.15, 0.2) is 16.3 Å². The Morgan fingerprint density at radius 2 is 1.91 bits per heavy atom. The normalized spacial score (nSPS) is 15.4. The number of aromatic nitrogens is 1. The van der Waals surface area contributed by atoms with Crippen LogP contribution in [0.2, 0.25) is 0 Å². The maximum Gasteiger partial charge on any atom is 0.338 e. The molecule has 7 rings (SSSR count). The molecule has 0 bridgehead atoms. The van der Waals surface area contributed by atoms with Crippen molar-refractivity contribution in [3.8, 4) is 22.8 Å². The quantitative estimate of drug-likeness (QED) is 0.122. The average Bonchev–Trinajstić information content (AvgIpc) is 3.80. The van der Waals surface area contributed by atoms with Crippen molar-refractivity contribution in [2.45, 2.75) is 13.0 Å². The number of esters is 1. The third-order valence-corrected chi connectivity index (χ3v) is 9.05. The molecule has 2 aromatic heterocycles. The summed E-state index contributed by atoms with van der Waals surface area (Å²) >= 11 is 4.54. The van der Waals surface area contributed by atoms with Crippen molar-refractivity contribution in [1.29, 1.82) is 0 Å². The number of benzene rings is 3. The van der Waals surface area contributed by atoms with Gasteiger partial charge in [0.1, 0.15) is 11.5 Å². The number of ether oxygens (including phenoxy) is 3. The lowest BCUT2D eigenvalue weighted by Gasteiger charge is -2.26. The summed E-state index contributed by atoms with van der Waals surface area (Å²) < 4.78 is 25.0. The second kappa shape index (κ2) is 11.9. The van der Waals surface area contributed by atoms with Crippen LogP contribution in [0.3, 0.4) is 0 Å². The maximum absolute atomic E-state index is 14.2. The SMILES string of the molecule is CCOC(=O)C1=C(c2ccccc2)N=c2s/c(=C/c3ccc(-c4ccc([N+](=O)[O-])cc4Br)o3)c(=O)n2[C@H]1c1ccc2c(c1)OCO2. The smallest absolute Gasteiger partial charge is 0.338 e. The monoisotopic (exact) mass is 699 g/mol. The summed E-state index contributed by atoms with van der Waals surface area (Å²) in [6.45, 7) is 1.92. The second-order valence-electron chi connectivity index (χ2n) is 10.2. The largest absolute Gasteiger partial charge is 0.463 e. The number of thiazole rings is 1. The first-order valence-electron chi connectivity index (χ1n) is 14.0. The number of carbonyl (C=O) groups is 1. The minimum Gasteiger partial charge on any atom is -0.463 e. The fourth-order valence-corrected chi connectivity index (χ4v) is 6.90. The van der Waals surface area contributed by atoms with Gasteiger partial charge in [-0.1, -0.05) is 47.7 Å². The van der Waals surface area contributed by atoms with Gasteiger partial charge in [-0.3, -0.25) is 19.5 Å². The number of hydrogen-bond donors (Lipinski definition) is 0. The number of nitro benzene ring substituents is 1. The Labute approximate surface area is 272 Å². The highest BCUT2D eigenvalue weighted by Crippen LogP contribution is 2.40. The van der Waals surface area contributed by atoms with E-state index in [1.54, 1.807) is 49.4 Å². The van der Waals surface area contributed by atoms with Crippen molar-refractivity contribution >= 4 is 50.7 Å². The highest BCUT2D eigenvalue weighted by molar-refractivity contribution is 9.10. The van der Waals surface area contributed by atoms with Crippen molar-refractivity contribution in [3.05, 3.63) is 136 Å². The second-order valence-corrected chi connectivity index (χ2v) is 12.0. The number of furan rings is 1. The zero-order chi connectivity index (χ0) is 31.9.